The first-order valence-corrected chi connectivity index (χ1v) is 9.66. The molecule has 9 heteroatoms. The average molecular weight is 419 g/mol. The highest BCUT2D eigenvalue weighted by atomic mass is 16.6. The third kappa shape index (κ3) is 4.51. The Balaban J connectivity index is 1.51. The smallest absolute Gasteiger partial charge is 0.257 e. The van der Waals surface area contributed by atoms with Gasteiger partial charge < -0.3 is 15.2 Å². The number of carbonyl (C=O) groups excluding carboxylic acids is 1. The first kappa shape index (κ1) is 20.4. The molecule has 1 atom stereocenters. The van der Waals surface area contributed by atoms with Gasteiger partial charge in [-0.1, -0.05) is 6.07 Å². The molecule has 0 saturated carbocycles. The predicted octanol–water partition coefficient (Wildman–Crippen LogP) is 3.52. The van der Waals surface area contributed by atoms with E-state index in [1.807, 2.05) is 13.0 Å². The van der Waals surface area contributed by atoms with Crippen molar-refractivity contribution in [3.8, 4) is 11.6 Å². The fourth-order valence-electron chi connectivity index (χ4n) is 2.96. The van der Waals surface area contributed by atoms with Crippen molar-refractivity contribution in [3.63, 3.8) is 0 Å². The molecule has 0 bridgehead atoms. The lowest BCUT2D eigenvalue weighted by Crippen LogP contribution is -2.27. The maximum atomic E-state index is 12.9. The highest BCUT2D eigenvalue weighted by molar-refractivity contribution is 5.96. The van der Waals surface area contributed by atoms with Crippen LogP contribution in [-0.4, -0.2) is 31.3 Å². The number of aromatic nitrogens is 4. The summed E-state index contributed by atoms with van der Waals surface area (Å²) in [4.78, 5) is 21.4. The fourth-order valence-corrected chi connectivity index (χ4v) is 2.96. The van der Waals surface area contributed by atoms with E-state index in [0.29, 0.717) is 22.5 Å². The maximum absolute atomic E-state index is 12.9. The Labute approximate surface area is 178 Å². The number of hydrogen-bond donors (Lipinski definition) is 2. The number of fused-ring (bicyclic) bond motifs is 1. The number of hydrogen-bond acceptors (Lipinski definition) is 8. The first-order valence-electron chi connectivity index (χ1n) is 9.66. The van der Waals surface area contributed by atoms with E-state index < -0.39 is 5.60 Å². The van der Waals surface area contributed by atoms with E-state index in [0.717, 1.165) is 5.56 Å². The van der Waals surface area contributed by atoms with Crippen molar-refractivity contribution in [1.82, 2.24) is 25.6 Å². The Morgan fingerprint density at radius 3 is 2.68 bits per heavy atom. The first-order chi connectivity index (χ1) is 14.8. The van der Waals surface area contributed by atoms with Crippen LogP contribution >= 0.6 is 0 Å². The summed E-state index contributed by atoms with van der Waals surface area (Å²) in [5.74, 6) is 0.278. The summed E-state index contributed by atoms with van der Waals surface area (Å²) in [6.45, 7) is 5.18. The molecule has 0 saturated heterocycles. The summed E-state index contributed by atoms with van der Waals surface area (Å²) < 4.78 is 10.5. The molecule has 4 aromatic rings. The van der Waals surface area contributed by atoms with Crippen molar-refractivity contribution in [2.75, 3.05) is 0 Å². The van der Waals surface area contributed by atoms with E-state index in [-0.39, 0.29) is 23.4 Å². The van der Waals surface area contributed by atoms with Gasteiger partial charge in [-0.15, -0.1) is 0 Å². The lowest BCUT2D eigenvalue weighted by Gasteiger charge is -2.19. The molecule has 0 aliphatic heterocycles. The molecule has 158 valence electrons. The molecule has 1 amide bonds. The molecule has 0 aliphatic rings. The fraction of sp³-hybridized carbons (Fsp3) is 0.227. The quantitative estimate of drug-likeness (QED) is 0.487. The van der Waals surface area contributed by atoms with E-state index in [4.69, 9.17) is 4.74 Å². The molecule has 1 aromatic carbocycles. The largest absolute Gasteiger partial charge is 0.438 e. The van der Waals surface area contributed by atoms with E-state index in [9.17, 15) is 9.90 Å². The van der Waals surface area contributed by atoms with Crippen LogP contribution in [-0.2, 0) is 5.60 Å². The molecule has 0 aliphatic carbocycles. The molecule has 0 unspecified atom stereocenters. The van der Waals surface area contributed by atoms with Gasteiger partial charge in [0.05, 0.1) is 11.7 Å². The number of aliphatic hydroxyl groups is 1. The summed E-state index contributed by atoms with van der Waals surface area (Å²) in [6.07, 6.45) is 3.19. The number of nitrogens with one attached hydrogen (secondary N) is 1. The minimum Gasteiger partial charge on any atom is -0.438 e. The number of pyridine rings is 2. The van der Waals surface area contributed by atoms with Crippen LogP contribution in [0.15, 0.2) is 59.5 Å². The molecule has 0 fully saturated rings. The number of nitrogens with zero attached hydrogens (tertiary/aromatic N) is 4. The molecule has 0 radical (unpaired) electrons. The van der Waals surface area contributed by atoms with Crippen LogP contribution in [0.4, 0.5) is 0 Å². The molecule has 4 rings (SSSR count). The molecular weight excluding hydrogens is 398 g/mol. The van der Waals surface area contributed by atoms with Crippen molar-refractivity contribution in [1.29, 1.82) is 0 Å². The highest BCUT2D eigenvalue weighted by Crippen LogP contribution is 2.26. The molecular formula is C22H21N5O4. The van der Waals surface area contributed by atoms with Gasteiger partial charge in [0, 0.05) is 18.5 Å². The Morgan fingerprint density at radius 1 is 1.13 bits per heavy atom. The van der Waals surface area contributed by atoms with Crippen molar-refractivity contribution < 1.29 is 19.3 Å². The van der Waals surface area contributed by atoms with Crippen LogP contribution in [0.25, 0.3) is 11.0 Å². The Hall–Kier alpha value is -3.85. The second-order valence-corrected chi connectivity index (χ2v) is 7.60. The Bertz CT molecular complexity index is 1210. The monoisotopic (exact) mass is 419 g/mol. The van der Waals surface area contributed by atoms with Gasteiger partial charge in [0.2, 0.25) is 5.88 Å². The third-order valence-corrected chi connectivity index (χ3v) is 4.72. The van der Waals surface area contributed by atoms with Crippen molar-refractivity contribution in [3.05, 3.63) is 71.7 Å². The lowest BCUT2D eigenvalue weighted by atomic mass is 10.0. The molecule has 31 heavy (non-hydrogen) atoms. The molecule has 3 aromatic heterocycles. The summed E-state index contributed by atoms with van der Waals surface area (Å²) >= 11 is 0. The van der Waals surface area contributed by atoms with Gasteiger partial charge in [0.25, 0.3) is 5.91 Å². The predicted molar refractivity (Wildman–Crippen MR) is 111 cm³/mol. The van der Waals surface area contributed by atoms with E-state index in [1.54, 1.807) is 62.6 Å². The van der Waals surface area contributed by atoms with E-state index in [2.05, 4.69) is 30.2 Å². The van der Waals surface area contributed by atoms with E-state index in [1.165, 1.54) is 0 Å². The molecule has 2 N–H and O–H groups in total. The zero-order valence-electron chi connectivity index (χ0n) is 17.2. The minimum atomic E-state index is -1.03. The van der Waals surface area contributed by atoms with Gasteiger partial charge in [-0.25, -0.2) is 9.61 Å². The topological polar surface area (TPSA) is 123 Å². The third-order valence-electron chi connectivity index (χ3n) is 4.72. The Kier molecular flexibility index (Phi) is 5.35. The highest BCUT2D eigenvalue weighted by Gasteiger charge is 2.20. The van der Waals surface area contributed by atoms with Crippen molar-refractivity contribution in [2.24, 2.45) is 0 Å². The van der Waals surface area contributed by atoms with Crippen molar-refractivity contribution >= 4 is 16.9 Å². The maximum Gasteiger partial charge on any atom is 0.257 e. The van der Waals surface area contributed by atoms with Crippen molar-refractivity contribution in [2.45, 2.75) is 32.4 Å². The number of ether oxygens (including phenoxy) is 1. The second-order valence-electron chi connectivity index (χ2n) is 7.60. The average Bonchev–Trinajstić information content (AvgIpc) is 3.21. The molecule has 0 spiro atoms. The minimum absolute atomic E-state index is 0.165. The van der Waals surface area contributed by atoms with Crippen LogP contribution in [0.3, 0.4) is 0 Å². The van der Waals surface area contributed by atoms with Gasteiger partial charge in [0.15, 0.2) is 0 Å². The summed E-state index contributed by atoms with van der Waals surface area (Å²) in [6, 6.07) is 11.6. The van der Waals surface area contributed by atoms with Crippen LogP contribution in [0.1, 0.15) is 48.4 Å². The zero-order chi connectivity index (χ0) is 22.0. The van der Waals surface area contributed by atoms with Gasteiger partial charge >= 0.3 is 0 Å². The normalized spacial score (nSPS) is 12.5. The number of rotatable bonds is 6. The zero-order valence-corrected chi connectivity index (χ0v) is 17.2. The van der Waals surface area contributed by atoms with Crippen LogP contribution in [0.2, 0.25) is 0 Å². The Morgan fingerprint density at radius 2 is 1.94 bits per heavy atom. The van der Waals surface area contributed by atoms with Gasteiger partial charge in [-0.05, 0) is 67.0 Å². The summed E-state index contributed by atoms with van der Waals surface area (Å²) in [7, 11) is 0. The van der Waals surface area contributed by atoms with Gasteiger partial charge in [-0.3, -0.25) is 9.78 Å². The molecule has 9 nitrogen and oxygen atoms in total. The van der Waals surface area contributed by atoms with Crippen LogP contribution in [0, 0.1) is 0 Å². The second kappa shape index (κ2) is 8.11. The summed E-state index contributed by atoms with van der Waals surface area (Å²) in [5.41, 5.74) is 1.75. The number of benzene rings is 1. The SMILES string of the molecule is C[C@H](NC(=O)c1cccnc1Oc1ccc2nonc2c1)c1ccc(C(C)(C)O)nc1. The van der Waals surface area contributed by atoms with Crippen LogP contribution < -0.4 is 10.1 Å². The van der Waals surface area contributed by atoms with Gasteiger partial charge in [0.1, 0.15) is 27.9 Å². The van der Waals surface area contributed by atoms with Gasteiger partial charge in [-0.2, -0.15) is 0 Å². The standard InChI is InChI=1S/C22H21N5O4/c1-13(14-6-9-19(24-12-14)22(2,3)29)25-20(28)16-5-4-10-23-21(16)30-15-7-8-17-18(11-15)27-31-26-17/h4-13,29H,1-3H3,(H,25,28)/t13-/m0/s1. The summed E-state index contributed by atoms with van der Waals surface area (Å²) in [5, 5.41) is 20.5. The van der Waals surface area contributed by atoms with E-state index >= 15 is 0 Å². The number of carbonyl (C=O) groups is 1. The lowest BCUT2D eigenvalue weighted by molar-refractivity contribution is 0.0737. The molecule has 3 heterocycles. The number of amides is 1. The van der Waals surface area contributed by atoms with Crippen LogP contribution in [0.5, 0.6) is 11.6 Å².